The van der Waals surface area contributed by atoms with E-state index in [0.717, 1.165) is 0 Å². The molecule has 0 unspecified atom stereocenters. The van der Waals surface area contributed by atoms with Gasteiger partial charge >= 0.3 is 0 Å². The van der Waals surface area contributed by atoms with Crippen LogP contribution in [0.5, 0.6) is 0 Å². The zero-order valence-electron chi connectivity index (χ0n) is 12.2. The van der Waals surface area contributed by atoms with Crippen LogP contribution in [-0.2, 0) is 10.0 Å². The van der Waals surface area contributed by atoms with Crippen LogP contribution in [0.15, 0.2) is 53.4 Å². The molecule has 0 aliphatic carbocycles. The number of sulfonamides is 1. The van der Waals surface area contributed by atoms with Crippen molar-refractivity contribution in [2.75, 3.05) is 0 Å². The molecule has 2 rings (SSSR count). The van der Waals surface area contributed by atoms with Crippen LogP contribution in [-0.4, -0.2) is 14.2 Å². The van der Waals surface area contributed by atoms with Gasteiger partial charge in [-0.2, -0.15) is 0 Å². The lowest BCUT2D eigenvalue weighted by atomic mass is 10.1. The first-order valence-electron chi connectivity index (χ1n) is 6.69. The molecule has 2 aromatic rings. The van der Waals surface area contributed by atoms with E-state index in [1.165, 1.54) is 19.1 Å². The maximum atomic E-state index is 12.4. The highest BCUT2D eigenvalue weighted by Gasteiger charge is 2.20. The number of benzene rings is 2. The van der Waals surface area contributed by atoms with Gasteiger partial charge in [0.25, 0.3) is 0 Å². The molecule has 0 aromatic heterocycles. The van der Waals surface area contributed by atoms with E-state index in [-0.39, 0.29) is 10.7 Å². The Morgan fingerprint density at radius 3 is 2.45 bits per heavy atom. The monoisotopic (exact) mass is 337 g/mol. The van der Waals surface area contributed by atoms with Crippen LogP contribution >= 0.6 is 11.6 Å². The van der Waals surface area contributed by atoms with Crippen LogP contribution in [0.25, 0.3) is 0 Å². The first kappa shape index (κ1) is 16.7. The molecule has 0 aliphatic heterocycles. The van der Waals surface area contributed by atoms with E-state index in [2.05, 4.69) is 4.72 Å². The average Bonchev–Trinajstić information content (AvgIpc) is 2.47. The third-order valence-corrected chi connectivity index (χ3v) is 5.14. The molecule has 0 fully saturated rings. The Hall–Kier alpha value is -1.69. The number of nitrogens with one attached hydrogen (secondary N) is 1. The average molecular weight is 338 g/mol. The van der Waals surface area contributed by atoms with Crippen molar-refractivity contribution in [3.63, 3.8) is 0 Å². The Morgan fingerprint density at radius 2 is 1.82 bits per heavy atom. The Bertz CT molecular complexity index is 803. The van der Waals surface area contributed by atoms with E-state index in [4.69, 9.17) is 11.6 Å². The lowest BCUT2D eigenvalue weighted by Gasteiger charge is -2.16. The largest absolute Gasteiger partial charge is 0.295 e. The van der Waals surface area contributed by atoms with Crippen molar-refractivity contribution < 1.29 is 13.2 Å². The van der Waals surface area contributed by atoms with Crippen molar-refractivity contribution in [1.29, 1.82) is 0 Å². The van der Waals surface area contributed by atoms with E-state index in [9.17, 15) is 13.2 Å². The molecule has 0 amide bonds. The van der Waals surface area contributed by atoms with Gasteiger partial charge in [-0.25, -0.2) is 13.1 Å². The van der Waals surface area contributed by atoms with Crippen molar-refractivity contribution >= 4 is 27.4 Å². The summed E-state index contributed by atoms with van der Waals surface area (Å²) in [6.45, 7) is 3.11. The smallest absolute Gasteiger partial charge is 0.241 e. The fourth-order valence-electron chi connectivity index (χ4n) is 2.07. The molecule has 6 heteroatoms. The van der Waals surface area contributed by atoms with E-state index < -0.39 is 16.1 Å². The fourth-order valence-corrected chi connectivity index (χ4v) is 3.64. The van der Waals surface area contributed by atoms with Crippen molar-refractivity contribution in [1.82, 2.24) is 4.72 Å². The highest BCUT2D eigenvalue weighted by molar-refractivity contribution is 7.89. The molecule has 116 valence electrons. The highest BCUT2D eigenvalue weighted by Crippen LogP contribution is 2.24. The third kappa shape index (κ3) is 3.74. The second-order valence-electron chi connectivity index (χ2n) is 4.95. The van der Waals surface area contributed by atoms with Crippen LogP contribution in [0.1, 0.15) is 35.8 Å². The molecule has 22 heavy (non-hydrogen) atoms. The summed E-state index contributed by atoms with van der Waals surface area (Å²) in [6, 6.07) is 12.5. The second-order valence-corrected chi connectivity index (χ2v) is 7.07. The summed E-state index contributed by atoms with van der Waals surface area (Å²) in [5.41, 5.74) is 1.05. The summed E-state index contributed by atoms with van der Waals surface area (Å²) in [5, 5.41) is 0.496. The van der Waals surface area contributed by atoms with E-state index >= 15 is 0 Å². The number of hydrogen-bond donors (Lipinski definition) is 1. The number of ketones is 1. The van der Waals surface area contributed by atoms with Gasteiger partial charge in [-0.15, -0.1) is 0 Å². The SMILES string of the molecule is CC(=O)c1cccc(S(=O)(=O)N[C@H](C)c2ccccc2Cl)c1. The maximum absolute atomic E-state index is 12.4. The summed E-state index contributed by atoms with van der Waals surface area (Å²) >= 11 is 6.08. The second kappa shape index (κ2) is 6.60. The molecule has 0 aliphatic rings. The van der Waals surface area contributed by atoms with Gasteiger partial charge in [-0.05, 0) is 37.6 Å². The van der Waals surface area contributed by atoms with Gasteiger partial charge in [0.1, 0.15) is 0 Å². The number of carbonyl (C=O) groups excluding carboxylic acids is 1. The maximum Gasteiger partial charge on any atom is 0.241 e. The first-order valence-corrected chi connectivity index (χ1v) is 8.55. The molecule has 4 nitrogen and oxygen atoms in total. The van der Waals surface area contributed by atoms with Gasteiger partial charge in [0.2, 0.25) is 10.0 Å². The lowest BCUT2D eigenvalue weighted by Crippen LogP contribution is -2.27. The van der Waals surface area contributed by atoms with Gasteiger partial charge in [0.15, 0.2) is 5.78 Å². The molecule has 1 N–H and O–H groups in total. The molecule has 1 atom stereocenters. The predicted molar refractivity (Wildman–Crippen MR) is 86.6 cm³/mol. The van der Waals surface area contributed by atoms with Crippen molar-refractivity contribution in [2.45, 2.75) is 24.8 Å². The zero-order valence-corrected chi connectivity index (χ0v) is 13.8. The summed E-state index contributed by atoms with van der Waals surface area (Å²) < 4.78 is 27.4. The lowest BCUT2D eigenvalue weighted by molar-refractivity contribution is 0.101. The van der Waals surface area contributed by atoms with E-state index in [1.54, 1.807) is 43.3 Å². The molecule has 0 spiro atoms. The van der Waals surface area contributed by atoms with Crippen LogP contribution < -0.4 is 4.72 Å². The summed E-state index contributed by atoms with van der Waals surface area (Å²) in [5.74, 6) is -0.184. The van der Waals surface area contributed by atoms with Gasteiger partial charge in [-0.3, -0.25) is 4.79 Å². The van der Waals surface area contributed by atoms with Gasteiger partial charge in [-0.1, -0.05) is 41.9 Å². The molecular formula is C16H16ClNO3S. The molecule has 0 bridgehead atoms. The number of carbonyl (C=O) groups is 1. The summed E-state index contributed by atoms with van der Waals surface area (Å²) in [6.07, 6.45) is 0. The predicted octanol–water partition coefficient (Wildman–Crippen LogP) is 3.58. The van der Waals surface area contributed by atoms with Crippen LogP contribution in [0.2, 0.25) is 5.02 Å². The molecule has 0 radical (unpaired) electrons. The Morgan fingerprint density at radius 1 is 1.14 bits per heavy atom. The quantitative estimate of drug-likeness (QED) is 0.848. The number of hydrogen-bond acceptors (Lipinski definition) is 3. The Labute approximate surface area is 135 Å². The molecule has 2 aromatic carbocycles. The summed E-state index contributed by atoms with van der Waals surface area (Å²) in [4.78, 5) is 11.4. The molecule has 0 saturated heterocycles. The number of rotatable bonds is 5. The first-order chi connectivity index (χ1) is 10.3. The Balaban J connectivity index is 2.30. The molecular weight excluding hydrogens is 322 g/mol. The van der Waals surface area contributed by atoms with Crippen LogP contribution in [0, 0.1) is 0 Å². The van der Waals surface area contributed by atoms with E-state index in [1.807, 2.05) is 0 Å². The standard InChI is InChI=1S/C16H16ClNO3S/c1-11(15-8-3-4-9-16(15)17)18-22(20,21)14-7-5-6-13(10-14)12(2)19/h3-11,18H,1-2H3/t11-/m1/s1. The number of Topliss-reactive ketones (excluding diaryl/α,β-unsaturated/α-hetero) is 1. The third-order valence-electron chi connectivity index (χ3n) is 3.25. The van der Waals surface area contributed by atoms with Crippen molar-refractivity contribution in [3.8, 4) is 0 Å². The van der Waals surface area contributed by atoms with E-state index in [0.29, 0.717) is 16.1 Å². The highest BCUT2D eigenvalue weighted by atomic mass is 35.5. The van der Waals surface area contributed by atoms with Gasteiger partial charge in [0.05, 0.1) is 4.90 Å². The minimum Gasteiger partial charge on any atom is -0.295 e. The van der Waals surface area contributed by atoms with Crippen LogP contribution in [0.3, 0.4) is 0 Å². The van der Waals surface area contributed by atoms with Crippen molar-refractivity contribution in [2.24, 2.45) is 0 Å². The fraction of sp³-hybridized carbons (Fsp3) is 0.188. The number of halogens is 1. The zero-order chi connectivity index (χ0) is 16.3. The topological polar surface area (TPSA) is 63.2 Å². The summed E-state index contributed by atoms with van der Waals surface area (Å²) in [7, 11) is -3.74. The van der Waals surface area contributed by atoms with Crippen LogP contribution in [0.4, 0.5) is 0 Å². The minimum absolute atomic E-state index is 0.0547. The molecule has 0 saturated carbocycles. The molecule has 0 heterocycles. The van der Waals surface area contributed by atoms with Crippen molar-refractivity contribution in [3.05, 3.63) is 64.7 Å². The van der Waals surface area contributed by atoms with Gasteiger partial charge in [0, 0.05) is 16.6 Å². The normalized spacial score (nSPS) is 12.9. The Kier molecular flexibility index (Phi) is 5.01. The minimum atomic E-state index is -3.74. The van der Waals surface area contributed by atoms with Gasteiger partial charge < -0.3 is 0 Å².